The molecule has 0 aliphatic carbocycles. The van der Waals surface area contributed by atoms with E-state index in [2.05, 4.69) is 41.5 Å². The van der Waals surface area contributed by atoms with Gasteiger partial charge >= 0.3 is 0 Å². The third-order valence-electron chi connectivity index (χ3n) is 4.11. The Hall–Kier alpha value is -2.37. The summed E-state index contributed by atoms with van der Waals surface area (Å²) in [6.45, 7) is 6.04. The van der Waals surface area contributed by atoms with Gasteiger partial charge in [-0.1, -0.05) is 41.4 Å². The normalized spacial score (nSPS) is 11.9. The van der Waals surface area contributed by atoms with E-state index in [0.717, 1.165) is 21.8 Å². The van der Waals surface area contributed by atoms with Gasteiger partial charge in [0.25, 0.3) is 5.91 Å². The van der Waals surface area contributed by atoms with Gasteiger partial charge in [-0.15, -0.1) is 11.3 Å². The van der Waals surface area contributed by atoms with Gasteiger partial charge in [-0.2, -0.15) is 0 Å². The van der Waals surface area contributed by atoms with Crippen LogP contribution in [0.2, 0.25) is 5.02 Å². The summed E-state index contributed by atoms with van der Waals surface area (Å²) < 4.78 is 5.70. The SMILES string of the molecule is Cc1ccc(-c2nc(CNC(=O)[C@H](C)Oc3ccc(Cl)c(C)c3)cs2)cc1. The number of carbonyl (C=O) groups excluding carboxylic acids is 1. The first-order valence-electron chi connectivity index (χ1n) is 8.64. The van der Waals surface area contributed by atoms with Crippen molar-refractivity contribution in [1.82, 2.24) is 10.3 Å². The molecule has 0 aliphatic rings. The fraction of sp³-hybridized carbons (Fsp3) is 0.238. The van der Waals surface area contributed by atoms with Crippen LogP contribution in [0.4, 0.5) is 0 Å². The lowest BCUT2D eigenvalue weighted by Crippen LogP contribution is -2.36. The molecular formula is C21H21ClN2O2S. The van der Waals surface area contributed by atoms with Gasteiger partial charge in [-0.05, 0) is 44.5 Å². The molecule has 0 saturated heterocycles. The highest BCUT2D eigenvalue weighted by Crippen LogP contribution is 2.24. The minimum Gasteiger partial charge on any atom is -0.481 e. The van der Waals surface area contributed by atoms with Gasteiger partial charge in [-0.3, -0.25) is 4.79 Å². The number of hydrogen-bond donors (Lipinski definition) is 1. The summed E-state index contributed by atoms with van der Waals surface area (Å²) in [5, 5.41) is 6.45. The Morgan fingerprint density at radius 2 is 1.96 bits per heavy atom. The number of benzene rings is 2. The van der Waals surface area contributed by atoms with Crippen LogP contribution in [0.5, 0.6) is 5.75 Å². The van der Waals surface area contributed by atoms with Crippen LogP contribution < -0.4 is 10.1 Å². The van der Waals surface area contributed by atoms with Crippen molar-refractivity contribution in [3.63, 3.8) is 0 Å². The number of aryl methyl sites for hydroxylation is 2. The Bertz CT molecular complexity index is 938. The average molecular weight is 401 g/mol. The molecule has 0 aliphatic heterocycles. The van der Waals surface area contributed by atoms with Crippen LogP contribution >= 0.6 is 22.9 Å². The van der Waals surface area contributed by atoms with Gasteiger partial charge in [0, 0.05) is 16.0 Å². The number of aromatic nitrogens is 1. The minimum absolute atomic E-state index is 0.188. The molecule has 1 N–H and O–H groups in total. The highest BCUT2D eigenvalue weighted by Gasteiger charge is 2.15. The summed E-state index contributed by atoms with van der Waals surface area (Å²) in [5.74, 6) is 0.433. The number of carbonyl (C=O) groups is 1. The molecule has 4 nitrogen and oxygen atoms in total. The third kappa shape index (κ3) is 5.08. The first-order valence-corrected chi connectivity index (χ1v) is 9.90. The van der Waals surface area contributed by atoms with Crippen molar-refractivity contribution in [3.8, 4) is 16.3 Å². The maximum atomic E-state index is 12.3. The van der Waals surface area contributed by atoms with Crippen molar-refractivity contribution in [2.24, 2.45) is 0 Å². The standard InChI is InChI=1S/C21H21ClN2O2S/c1-13-4-6-16(7-5-13)21-24-17(12-27-21)11-23-20(25)15(3)26-18-8-9-19(22)14(2)10-18/h4-10,12,15H,11H2,1-3H3,(H,23,25)/t15-/m0/s1. The first-order chi connectivity index (χ1) is 12.9. The van der Waals surface area contributed by atoms with Crippen LogP contribution in [-0.2, 0) is 11.3 Å². The minimum atomic E-state index is -0.610. The highest BCUT2D eigenvalue weighted by molar-refractivity contribution is 7.13. The number of hydrogen-bond acceptors (Lipinski definition) is 4. The number of nitrogens with one attached hydrogen (secondary N) is 1. The number of rotatable bonds is 6. The topological polar surface area (TPSA) is 51.2 Å². The van der Waals surface area contributed by atoms with E-state index in [9.17, 15) is 4.79 Å². The Labute approximate surface area is 168 Å². The van der Waals surface area contributed by atoms with Crippen LogP contribution in [0.25, 0.3) is 10.6 Å². The first kappa shape index (κ1) is 19.4. The molecule has 1 heterocycles. The van der Waals surface area contributed by atoms with Crippen molar-refractivity contribution in [3.05, 3.63) is 69.7 Å². The zero-order valence-electron chi connectivity index (χ0n) is 15.5. The zero-order chi connectivity index (χ0) is 19.4. The Morgan fingerprint density at radius 3 is 2.67 bits per heavy atom. The predicted octanol–water partition coefficient (Wildman–Crippen LogP) is 5.16. The molecule has 0 saturated carbocycles. The molecule has 0 spiro atoms. The molecule has 1 amide bonds. The second-order valence-electron chi connectivity index (χ2n) is 6.40. The van der Waals surface area contributed by atoms with Crippen molar-refractivity contribution in [2.45, 2.75) is 33.4 Å². The van der Waals surface area contributed by atoms with E-state index in [-0.39, 0.29) is 5.91 Å². The fourth-order valence-electron chi connectivity index (χ4n) is 2.49. The van der Waals surface area contributed by atoms with E-state index in [1.54, 1.807) is 30.4 Å². The van der Waals surface area contributed by atoms with E-state index in [4.69, 9.17) is 16.3 Å². The van der Waals surface area contributed by atoms with Crippen molar-refractivity contribution in [1.29, 1.82) is 0 Å². The van der Waals surface area contributed by atoms with Crippen molar-refractivity contribution >= 4 is 28.8 Å². The number of nitrogens with zero attached hydrogens (tertiary/aromatic N) is 1. The molecule has 27 heavy (non-hydrogen) atoms. The van der Waals surface area contributed by atoms with E-state index in [1.807, 2.05) is 18.4 Å². The summed E-state index contributed by atoms with van der Waals surface area (Å²) in [6, 6.07) is 13.6. The molecule has 0 unspecified atom stereocenters. The smallest absolute Gasteiger partial charge is 0.261 e. The second-order valence-corrected chi connectivity index (χ2v) is 7.66. The highest BCUT2D eigenvalue weighted by atomic mass is 35.5. The largest absolute Gasteiger partial charge is 0.481 e. The van der Waals surface area contributed by atoms with Crippen LogP contribution in [0.1, 0.15) is 23.7 Å². The Balaban J connectivity index is 1.55. The summed E-state index contributed by atoms with van der Waals surface area (Å²) in [7, 11) is 0. The van der Waals surface area contributed by atoms with Gasteiger partial charge in [-0.25, -0.2) is 4.98 Å². The van der Waals surface area contributed by atoms with E-state index >= 15 is 0 Å². The summed E-state index contributed by atoms with van der Waals surface area (Å²) in [5.41, 5.74) is 4.04. The molecule has 0 fully saturated rings. The molecule has 6 heteroatoms. The van der Waals surface area contributed by atoms with Crippen molar-refractivity contribution in [2.75, 3.05) is 0 Å². The van der Waals surface area contributed by atoms with Gasteiger partial charge in [0.05, 0.1) is 12.2 Å². The van der Waals surface area contributed by atoms with Crippen LogP contribution in [0, 0.1) is 13.8 Å². The number of amides is 1. The summed E-state index contributed by atoms with van der Waals surface area (Å²) in [6.07, 6.45) is -0.610. The lowest BCUT2D eigenvalue weighted by Gasteiger charge is -2.15. The molecule has 3 rings (SSSR count). The molecule has 3 aromatic rings. The summed E-state index contributed by atoms with van der Waals surface area (Å²) in [4.78, 5) is 16.9. The monoisotopic (exact) mass is 400 g/mol. The Morgan fingerprint density at radius 1 is 1.22 bits per heavy atom. The number of thiazole rings is 1. The molecule has 1 aromatic heterocycles. The third-order valence-corrected chi connectivity index (χ3v) is 5.47. The fourth-order valence-corrected chi connectivity index (χ4v) is 3.43. The maximum Gasteiger partial charge on any atom is 0.261 e. The van der Waals surface area contributed by atoms with Crippen LogP contribution in [-0.4, -0.2) is 17.0 Å². The van der Waals surface area contributed by atoms with Gasteiger partial charge < -0.3 is 10.1 Å². The van der Waals surface area contributed by atoms with Gasteiger partial charge in [0.15, 0.2) is 6.10 Å². The van der Waals surface area contributed by atoms with Crippen LogP contribution in [0.3, 0.4) is 0 Å². The number of ether oxygens (including phenoxy) is 1. The maximum absolute atomic E-state index is 12.3. The average Bonchev–Trinajstić information content (AvgIpc) is 3.12. The quantitative estimate of drug-likeness (QED) is 0.621. The molecule has 2 aromatic carbocycles. The molecule has 1 atom stereocenters. The van der Waals surface area contributed by atoms with E-state index < -0.39 is 6.10 Å². The molecule has 0 bridgehead atoms. The molecule has 0 radical (unpaired) electrons. The lowest BCUT2D eigenvalue weighted by atomic mass is 10.2. The zero-order valence-corrected chi connectivity index (χ0v) is 17.0. The van der Waals surface area contributed by atoms with Gasteiger partial charge in [0.2, 0.25) is 0 Å². The van der Waals surface area contributed by atoms with Crippen molar-refractivity contribution < 1.29 is 9.53 Å². The lowest BCUT2D eigenvalue weighted by molar-refractivity contribution is -0.127. The number of halogens is 1. The van der Waals surface area contributed by atoms with E-state index in [1.165, 1.54) is 5.56 Å². The summed E-state index contributed by atoms with van der Waals surface area (Å²) >= 11 is 7.58. The van der Waals surface area contributed by atoms with E-state index in [0.29, 0.717) is 17.3 Å². The second kappa shape index (κ2) is 8.55. The predicted molar refractivity (Wildman–Crippen MR) is 110 cm³/mol. The molecule has 140 valence electrons. The molecular weight excluding hydrogens is 380 g/mol. The van der Waals surface area contributed by atoms with Gasteiger partial charge in [0.1, 0.15) is 10.8 Å². The van der Waals surface area contributed by atoms with Crippen LogP contribution in [0.15, 0.2) is 47.8 Å². The Kier molecular flexibility index (Phi) is 6.14.